The summed E-state index contributed by atoms with van der Waals surface area (Å²) in [6.07, 6.45) is 4.39. The average molecular weight is 325 g/mol. The van der Waals surface area contributed by atoms with Gasteiger partial charge < -0.3 is 10.4 Å². The molecule has 1 aliphatic heterocycles. The number of hydrogen-bond donors (Lipinski definition) is 2. The lowest BCUT2D eigenvalue weighted by Gasteiger charge is -2.32. The lowest BCUT2D eigenvalue weighted by Crippen LogP contribution is -2.47. The van der Waals surface area contributed by atoms with Gasteiger partial charge in [0.15, 0.2) is 5.65 Å². The van der Waals surface area contributed by atoms with Crippen molar-refractivity contribution in [2.45, 2.75) is 25.0 Å². The van der Waals surface area contributed by atoms with Crippen LogP contribution in [-0.4, -0.2) is 43.0 Å². The van der Waals surface area contributed by atoms with E-state index in [1.807, 2.05) is 30.3 Å². The molecule has 2 N–H and O–H groups in total. The van der Waals surface area contributed by atoms with Crippen molar-refractivity contribution in [2.24, 2.45) is 0 Å². The van der Waals surface area contributed by atoms with Crippen LogP contribution in [0.2, 0.25) is 0 Å². The first-order valence-corrected chi connectivity index (χ1v) is 8.08. The third kappa shape index (κ3) is 2.61. The molecular weight excluding hydrogens is 306 g/mol. The van der Waals surface area contributed by atoms with E-state index in [1.54, 1.807) is 6.20 Å². The molecule has 0 spiro atoms. The van der Waals surface area contributed by atoms with Gasteiger partial charge in [0.2, 0.25) is 0 Å². The van der Waals surface area contributed by atoms with Gasteiger partial charge in [-0.15, -0.1) is 0 Å². The Bertz CT molecular complexity index is 910. The number of aromatic nitrogens is 4. The summed E-state index contributed by atoms with van der Waals surface area (Å²) in [6.45, 7) is 1.73. The van der Waals surface area contributed by atoms with Crippen LogP contribution < -0.4 is 11.0 Å². The molecule has 7 nitrogen and oxygen atoms in total. The van der Waals surface area contributed by atoms with E-state index in [1.165, 1.54) is 15.4 Å². The molecule has 3 heterocycles. The van der Waals surface area contributed by atoms with E-state index >= 15 is 0 Å². The predicted molar refractivity (Wildman–Crippen MR) is 89.7 cm³/mol. The molecule has 2 aromatic heterocycles. The summed E-state index contributed by atoms with van der Waals surface area (Å²) in [5, 5.41) is 18.1. The van der Waals surface area contributed by atoms with Gasteiger partial charge in [-0.2, -0.15) is 9.61 Å². The van der Waals surface area contributed by atoms with Crippen LogP contribution in [0.4, 0.5) is 0 Å². The fraction of sp³-hybridized carbons (Fsp3) is 0.353. The van der Waals surface area contributed by atoms with Crippen LogP contribution in [0, 0.1) is 0 Å². The highest BCUT2D eigenvalue weighted by atomic mass is 16.3. The molecule has 0 atom stereocenters. The van der Waals surface area contributed by atoms with Gasteiger partial charge in [0.25, 0.3) is 0 Å². The maximum Gasteiger partial charge on any atom is 0.351 e. The molecule has 0 aliphatic carbocycles. The van der Waals surface area contributed by atoms with Crippen LogP contribution in [0.1, 0.15) is 12.8 Å². The molecule has 7 heteroatoms. The minimum atomic E-state index is -0.875. The quantitative estimate of drug-likeness (QED) is 0.739. The smallest absolute Gasteiger partial charge is 0.351 e. The lowest BCUT2D eigenvalue weighted by atomic mass is 9.92. The van der Waals surface area contributed by atoms with Gasteiger partial charge in [-0.3, -0.25) is 4.57 Å². The zero-order chi connectivity index (χ0) is 16.6. The molecule has 3 aromatic rings. The van der Waals surface area contributed by atoms with Gasteiger partial charge >= 0.3 is 5.69 Å². The monoisotopic (exact) mass is 325 g/mol. The third-order valence-corrected chi connectivity index (χ3v) is 4.57. The maximum atomic E-state index is 12.7. The van der Waals surface area contributed by atoms with E-state index in [0.29, 0.717) is 18.5 Å². The molecule has 24 heavy (non-hydrogen) atoms. The van der Waals surface area contributed by atoms with Gasteiger partial charge in [0.1, 0.15) is 6.33 Å². The minimum Gasteiger partial charge on any atom is -0.388 e. The summed E-state index contributed by atoms with van der Waals surface area (Å²) < 4.78 is 2.74. The highest BCUT2D eigenvalue weighted by Crippen LogP contribution is 2.22. The Morgan fingerprint density at radius 2 is 1.96 bits per heavy atom. The molecule has 0 radical (unpaired) electrons. The van der Waals surface area contributed by atoms with Crippen molar-refractivity contribution in [2.75, 3.05) is 13.1 Å². The second-order valence-electron chi connectivity index (χ2n) is 6.29. The number of piperidine rings is 1. The van der Waals surface area contributed by atoms with Crippen molar-refractivity contribution in [3.63, 3.8) is 0 Å². The van der Waals surface area contributed by atoms with Crippen molar-refractivity contribution in [3.8, 4) is 11.1 Å². The average Bonchev–Trinajstić information content (AvgIpc) is 3.03. The number of nitrogens with zero attached hydrogens (tertiary/aromatic N) is 4. The zero-order valence-electron chi connectivity index (χ0n) is 13.2. The van der Waals surface area contributed by atoms with Crippen molar-refractivity contribution in [3.05, 3.63) is 53.3 Å². The Labute approximate surface area is 138 Å². The van der Waals surface area contributed by atoms with Crippen LogP contribution in [0.15, 0.2) is 47.7 Å². The molecule has 0 amide bonds. The Kier molecular flexibility index (Phi) is 3.66. The Hall–Kier alpha value is -2.51. The fourth-order valence-corrected chi connectivity index (χ4v) is 3.20. The summed E-state index contributed by atoms with van der Waals surface area (Å²) in [5.41, 5.74) is 1.16. The van der Waals surface area contributed by atoms with E-state index in [0.717, 1.165) is 24.2 Å². The van der Waals surface area contributed by atoms with Crippen LogP contribution in [0.3, 0.4) is 0 Å². The molecule has 124 valence electrons. The second-order valence-corrected chi connectivity index (χ2v) is 6.29. The number of rotatable bonds is 3. The summed E-state index contributed by atoms with van der Waals surface area (Å²) in [5.74, 6) is 0. The highest BCUT2D eigenvalue weighted by Gasteiger charge is 2.30. The van der Waals surface area contributed by atoms with Crippen LogP contribution in [-0.2, 0) is 6.54 Å². The minimum absolute atomic E-state index is 0.233. The molecule has 1 saturated heterocycles. The van der Waals surface area contributed by atoms with E-state index < -0.39 is 5.60 Å². The predicted octanol–water partition coefficient (Wildman–Crippen LogP) is 0.672. The normalized spacial score (nSPS) is 17.2. The SMILES string of the molecule is O=c1n(CC2(O)CCNCC2)cnc2c(-c3ccccc3)cnn12. The number of hydrogen-bond acceptors (Lipinski definition) is 5. The van der Waals surface area contributed by atoms with Gasteiger partial charge in [-0.25, -0.2) is 9.78 Å². The molecule has 0 unspecified atom stereocenters. The Morgan fingerprint density at radius 3 is 2.71 bits per heavy atom. The first kappa shape index (κ1) is 15.0. The molecule has 1 fully saturated rings. The number of nitrogens with one attached hydrogen (secondary N) is 1. The van der Waals surface area contributed by atoms with Gasteiger partial charge in [-0.05, 0) is 31.5 Å². The van der Waals surface area contributed by atoms with Crippen molar-refractivity contribution < 1.29 is 5.11 Å². The van der Waals surface area contributed by atoms with E-state index in [9.17, 15) is 9.90 Å². The Balaban J connectivity index is 1.73. The topological polar surface area (TPSA) is 84.5 Å². The second kappa shape index (κ2) is 5.85. The van der Waals surface area contributed by atoms with Crippen molar-refractivity contribution in [1.82, 2.24) is 24.5 Å². The first-order chi connectivity index (χ1) is 11.7. The summed E-state index contributed by atoms with van der Waals surface area (Å²) in [7, 11) is 0. The summed E-state index contributed by atoms with van der Waals surface area (Å²) in [4.78, 5) is 17.1. The number of fused-ring (bicyclic) bond motifs is 1. The standard InChI is InChI=1S/C17H19N5O2/c23-16-21(11-17(24)6-8-18-9-7-17)12-19-15-14(10-20-22(15)16)13-4-2-1-3-5-13/h1-5,10,12,18,24H,6-9,11H2. The molecule has 0 saturated carbocycles. The summed E-state index contributed by atoms with van der Waals surface area (Å²) in [6, 6.07) is 9.73. The Morgan fingerprint density at radius 1 is 1.21 bits per heavy atom. The first-order valence-electron chi connectivity index (χ1n) is 8.08. The summed E-state index contributed by atoms with van der Waals surface area (Å²) >= 11 is 0. The maximum absolute atomic E-state index is 12.7. The molecule has 4 rings (SSSR count). The lowest BCUT2D eigenvalue weighted by molar-refractivity contribution is -0.00686. The molecule has 1 aliphatic rings. The van der Waals surface area contributed by atoms with Crippen molar-refractivity contribution in [1.29, 1.82) is 0 Å². The molecular formula is C17H19N5O2. The van der Waals surface area contributed by atoms with Crippen molar-refractivity contribution >= 4 is 5.65 Å². The van der Waals surface area contributed by atoms with Gasteiger partial charge in [0, 0.05) is 5.56 Å². The number of aliphatic hydroxyl groups is 1. The van der Waals surface area contributed by atoms with E-state index in [2.05, 4.69) is 15.4 Å². The van der Waals surface area contributed by atoms with Crippen LogP contribution in [0.25, 0.3) is 16.8 Å². The molecule has 1 aromatic carbocycles. The number of benzene rings is 1. The largest absolute Gasteiger partial charge is 0.388 e. The van der Waals surface area contributed by atoms with Crippen LogP contribution >= 0.6 is 0 Å². The highest BCUT2D eigenvalue weighted by molar-refractivity contribution is 5.76. The van der Waals surface area contributed by atoms with E-state index in [-0.39, 0.29) is 12.2 Å². The van der Waals surface area contributed by atoms with Crippen LogP contribution in [0.5, 0.6) is 0 Å². The third-order valence-electron chi connectivity index (χ3n) is 4.57. The molecule has 0 bridgehead atoms. The van der Waals surface area contributed by atoms with Gasteiger partial charge in [-0.1, -0.05) is 30.3 Å². The van der Waals surface area contributed by atoms with E-state index in [4.69, 9.17) is 0 Å². The fourth-order valence-electron chi connectivity index (χ4n) is 3.20. The van der Waals surface area contributed by atoms with Gasteiger partial charge in [0.05, 0.1) is 18.3 Å². The zero-order valence-corrected chi connectivity index (χ0v) is 13.2.